The molecule has 2 aromatic carbocycles. The first-order valence-corrected chi connectivity index (χ1v) is 9.44. The van der Waals surface area contributed by atoms with Gasteiger partial charge in [-0.1, -0.05) is 48.2 Å². The Morgan fingerprint density at radius 3 is 2.35 bits per heavy atom. The van der Waals surface area contributed by atoms with E-state index in [1.54, 1.807) is 17.8 Å². The van der Waals surface area contributed by atoms with Gasteiger partial charge < -0.3 is 9.73 Å². The van der Waals surface area contributed by atoms with E-state index in [9.17, 15) is 4.79 Å². The molecule has 0 saturated carbocycles. The Balaban J connectivity index is 1.65. The monoisotopic (exact) mass is 365 g/mol. The summed E-state index contributed by atoms with van der Waals surface area (Å²) < 4.78 is 5.74. The summed E-state index contributed by atoms with van der Waals surface area (Å²) in [6.07, 6.45) is 0. The lowest BCUT2D eigenvalue weighted by Crippen LogP contribution is -2.22. The Morgan fingerprint density at radius 2 is 1.65 bits per heavy atom. The second-order valence-electron chi connectivity index (χ2n) is 6.54. The molecule has 1 amide bonds. The summed E-state index contributed by atoms with van der Waals surface area (Å²) in [6, 6.07) is 16.0. The molecule has 0 aliphatic carbocycles. The second-order valence-corrected chi connectivity index (χ2v) is 7.56. The topological polar surface area (TPSA) is 42.2 Å². The average molecular weight is 365 g/mol. The molecule has 0 aliphatic rings. The van der Waals surface area contributed by atoms with Gasteiger partial charge in [0, 0.05) is 11.4 Å². The van der Waals surface area contributed by atoms with Crippen LogP contribution in [-0.2, 0) is 6.54 Å². The fourth-order valence-electron chi connectivity index (χ4n) is 2.74. The molecule has 3 nitrogen and oxygen atoms in total. The molecule has 0 radical (unpaired) electrons. The normalized spacial score (nSPS) is 10.8. The molecule has 0 aliphatic heterocycles. The van der Waals surface area contributed by atoms with E-state index in [4.69, 9.17) is 4.42 Å². The maximum atomic E-state index is 12.4. The summed E-state index contributed by atoms with van der Waals surface area (Å²) in [4.78, 5) is 13.5. The van der Waals surface area contributed by atoms with Crippen molar-refractivity contribution in [3.8, 4) is 0 Å². The van der Waals surface area contributed by atoms with E-state index in [2.05, 4.69) is 57.3 Å². The van der Waals surface area contributed by atoms with Crippen molar-refractivity contribution in [3.05, 3.63) is 82.1 Å². The molecular formula is C22H23NO2S. The number of carbonyl (C=O) groups is 1. The SMILES string of the molecule is Cc1ccc(CNC(=O)c2ccc(Sc3c(C)cccc3C)o2)cc1C. The number of aryl methyl sites for hydroxylation is 4. The van der Waals surface area contributed by atoms with Gasteiger partial charge in [0.05, 0.1) is 0 Å². The van der Waals surface area contributed by atoms with Gasteiger partial charge >= 0.3 is 0 Å². The molecule has 3 aromatic rings. The molecule has 0 bridgehead atoms. The van der Waals surface area contributed by atoms with Gasteiger partial charge in [0.15, 0.2) is 10.9 Å². The molecule has 3 rings (SSSR count). The molecule has 26 heavy (non-hydrogen) atoms. The maximum Gasteiger partial charge on any atom is 0.287 e. The van der Waals surface area contributed by atoms with Crippen LogP contribution in [0.2, 0.25) is 0 Å². The molecule has 1 heterocycles. The first kappa shape index (κ1) is 18.3. The summed E-state index contributed by atoms with van der Waals surface area (Å²) in [5.41, 5.74) is 5.96. The zero-order chi connectivity index (χ0) is 18.7. The first-order chi connectivity index (χ1) is 12.4. The molecule has 0 atom stereocenters. The fraction of sp³-hybridized carbons (Fsp3) is 0.227. The molecular weight excluding hydrogens is 342 g/mol. The van der Waals surface area contributed by atoms with Crippen molar-refractivity contribution in [1.29, 1.82) is 0 Å². The molecule has 0 fully saturated rings. The number of benzene rings is 2. The predicted octanol–water partition coefficient (Wildman–Crippen LogP) is 5.59. The second kappa shape index (κ2) is 7.83. The fourth-order valence-corrected chi connectivity index (χ4v) is 3.67. The van der Waals surface area contributed by atoms with Crippen LogP contribution in [0, 0.1) is 27.7 Å². The quantitative estimate of drug-likeness (QED) is 0.640. The van der Waals surface area contributed by atoms with Crippen LogP contribution in [-0.4, -0.2) is 5.91 Å². The Morgan fingerprint density at radius 1 is 0.923 bits per heavy atom. The Hall–Kier alpha value is -2.46. The van der Waals surface area contributed by atoms with Crippen LogP contribution >= 0.6 is 11.8 Å². The Labute approximate surface area is 158 Å². The van der Waals surface area contributed by atoms with Crippen molar-refractivity contribution in [1.82, 2.24) is 5.32 Å². The first-order valence-electron chi connectivity index (χ1n) is 8.62. The van der Waals surface area contributed by atoms with Crippen LogP contribution in [0.1, 0.15) is 38.4 Å². The smallest absolute Gasteiger partial charge is 0.287 e. The standard InChI is InChI=1S/C22H23NO2S/c1-14-8-9-18(12-17(14)4)13-23-22(24)19-10-11-20(25-19)26-21-15(2)6-5-7-16(21)3/h5-12H,13H2,1-4H3,(H,23,24). The van der Waals surface area contributed by atoms with Gasteiger partial charge in [-0.05, 0) is 67.6 Å². The highest BCUT2D eigenvalue weighted by atomic mass is 32.2. The van der Waals surface area contributed by atoms with Crippen molar-refractivity contribution >= 4 is 17.7 Å². The van der Waals surface area contributed by atoms with Gasteiger partial charge in [0.25, 0.3) is 5.91 Å². The highest BCUT2D eigenvalue weighted by Crippen LogP contribution is 2.33. The van der Waals surface area contributed by atoms with Gasteiger partial charge in [-0.25, -0.2) is 0 Å². The van der Waals surface area contributed by atoms with Gasteiger partial charge in [-0.3, -0.25) is 4.79 Å². The van der Waals surface area contributed by atoms with Crippen LogP contribution in [0.5, 0.6) is 0 Å². The van der Waals surface area contributed by atoms with Gasteiger partial charge in [0.1, 0.15) is 0 Å². The van der Waals surface area contributed by atoms with Gasteiger partial charge in [-0.15, -0.1) is 0 Å². The third-order valence-corrected chi connectivity index (χ3v) is 5.71. The largest absolute Gasteiger partial charge is 0.444 e. The molecule has 0 unspecified atom stereocenters. The van der Waals surface area contributed by atoms with Crippen molar-refractivity contribution in [3.63, 3.8) is 0 Å². The predicted molar refractivity (Wildman–Crippen MR) is 106 cm³/mol. The number of furan rings is 1. The zero-order valence-electron chi connectivity index (χ0n) is 15.6. The number of rotatable bonds is 5. The van der Waals surface area contributed by atoms with E-state index in [-0.39, 0.29) is 5.91 Å². The summed E-state index contributed by atoms with van der Waals surface area (Å²) in [5.74, 6) is 0.138. The molecule has 0 spiro atoms. The third kappa shape index (κ3) is 4.20. The van der Waals surface area contributed by atoms with E-state index in [1.165, 1.54) is 27.1 Å². The van der Waals surface area contributed by atoms with Crippen LogP contribution in [0.25, 0.3) is 0 Å². The van der Waals surface area contributed by atoms with Crippen LogP contribution < -0.4 is 5.32 Å². The molecule has 0 saturated heterocycles. The van der Waals surface area contributed by atoms with Crippen LogP contribution in [0.15, 0.2) is 62.9 Å². The summed E-state index contributed by atoms with van der Waals surface area (Å²) >= 11 is 1.55. The number of nitrogens with one attached hydrogen (secondary N) is 1. The lowest BCUT2D eigenvalue weighted by molar-refractivity contribution is 0.0918. The number of carbonyl (C=O) groups excluding carboxylic acids is 1. The van der Waals surface area contributed by atoms with Crippen molar-refractivity contribution in [2.75, 3.05) is 0 Å². The van der Waals surface area contributed by atoms with E-state index in [0.29, 0.717) is 12.3 Å². The van der Waals surface area contributed by atoms with Gasteiger partial charge in [-0.2, -0.15) is 0 Å². The number of amides is 1. The van der Waals surface area contributed by atoms with Crippen LogP contribution in [0.3, 0.4) is 0 Å². The molecule has 1 aromatic heterocycles. The van der Waals surface area contributed by atoms with Gasteiger partial charge in [0.2, 0.25) is 0 Å². The van der Waals surface area contributed by atoms with E-state index >= 15 is 0 Å². The third-order valence-electron chi connectivity index (χ3n) is 4.44. The van der Waals surface area contributed by atoms with E-state index in [0.717, 1.165) is 10.7 Å². The minimum Gasteiger partial charge on any atom is -0.444 e. The van der Waals surface area contributed by atoms with Crippen molar-refractivity contribution in [2.24, 2.45) is 0 Å². The lowest BCUT2D eigenvalue weighted by atomic mass is 10.1. The summed E-state index contributed by atoms with van der Waals surface area (Å²) in [7, 11) is 0. The summed E-state index contributed by atoms with van der Waals surface area (Å²) in [6.45, 7) is 8.80. The van der Waals surface area contributed by atoms with Crippen molar-refractivity contribution in [2.45, 2.75) is 44.2 Å². The number of hydrogen-bond acceptors (Lipinski definition) is 3. The van der Waals surface area contributed by atoms with Crippen molar-refractivity contribution < 1.29 is 9.21 Å². The number of hydrogen-bond donors (Lipinski definition) is 1. The maximum absolute atomic E-state index is 12.4. The minimum atomic E-state index is -0.198. The highest BCUT2D eigenvalue weighted by molar-refractivity contribution is 7.99. The van der Waals surface area contributed by atoms with E-state index < -0.39 is 0 Å². The molecule has 4 heteroatoms. The zero-order valence-corrected chi connectivity index (χ0v) is 16.4. The minimum absolute atomic E-state index is 0.198. The van der Waals surface area contributed by atoms with E-state index in [1.807, 2.05) is 18.2 Å². The lowest BCUT2D eigenvalue weighted by Gasteiger charge is -2.07. The molecule has 134 valence electrons. The Bertz CT molecular complexity index is 923. The highest BCUT2D eigenvalue weighted by Gasteiger charge is 2.13. The van der Waals surface area contributed by atoms with Crippen LogP contribution in [0.4, 0.5) is 0 Å². The average Bonchev–Trinajstić information content (AvgIpc) is 3.08. The summed E-state index contributed by atoms with van der Waals surface area (Å²) in [5, 5.41) is 3.64. The molecule has 1 N–H and O–H groups in total. The Kier molecular flexibility index (Phi) is 5.52.